The maximum absolute atomic E-state index is 12.2. The van der Waals surface area contributed by atoms with Crippen molar-refractivity contribution in [2.75, 3.05) is 20.8 Å². The quantitative estimate of drug-likeness (QED) is 0.238. The van der Waals surface area contributed by atoms with E-state index < -0.39 is 0 Å². The molecule has 0 bridgehead atoms. The number of methoxy groups -OCH3 is 2. The number of hydrogen-bond donors (Lipinski definition) is 0. The number of allylic oxidation sites excluding steroid dienone is 5. The monoisotopic (exact) mass is 400 g/mol. The number of rotatable bonds is 12. The van der Waals surface area contributed by atoms with E-state index in [-0.39, 0.29) is 5.97 Å². The van der Waals surface area contributed by atoms with Crippen LogP contribution in [-0.4, -0.2) is 26.8 Å². The average molecular weight is 401 g/mol. The van der Waals surface area contributed by atoms with Gasteiger partial charge >= 0.3 is 5.97 Å². The van der Waals surface area contributed by atoms with Crippen molar-refractivity contribution in [2.45, 2.75) is 59.8 Å². The van der Waals surface area contributed by atoms with Crippen LogP contribution in [0.15, 0.2) is 53.1 Å². The summed E-state index contributed by atoms with van der Waals surface area (Å²) in [5.41, 5.74) is 4.40. The van der Waals surface area contributed by atoms with E-state index in [1.807, 2.05) is 31.2 Å². The van der Waals surface area contributed by atoms with Crippen LogP contribution in [0.25, 0.3) is 0 Å². The molecule has 0 amide bonds. The third-order valence-electron chi connectivity index (χ3n) is 4.59. The minimum Gasteiger partial charge on any atom is -0.497 e. The summed E-state index contributed by atoms with van der Waals surface area (Å²) >= 11 is 0. The molecule has 160 valence electrons. The summed E-state index contributed by atoms with van der Waals surface area (Å²) in [5.74, 6) is 1.49. The molecule has 1 rings (SSSR count). The molecular formula is C25H36O4. The summed E-state index contributed by atoms with van der Waals surface area (Å²) in [4.78, 5) is 12.2. The van der Waals surface area contributed by atoms with E-state index in [2.05, 4.69) is 32.9 Å². The fraction of sp³-hybridized carbons (Fsp3) is 0.480. The molecule has 0 heterocycles. The second-order valence-corrected chi connectivity index (χ2v) is 7.24. The molecule has 0 saturated carbocycles. The van der Waals surface area contributed by atoms with Gasteiger partial charge in [-0.15, -0.1) is 0 Å². The highest BCUT2D eigenvalue weighted by atomic mass is 16.5. The third kappa shape index (κ3) is 9.51. The first-order chi connectivity index (χ1) is 13.9. The van der Waals surface area contributed by atoms with E-state index >= 15 is 0 Å². The van der Waals surface area contributed by atoms with Gasteiger partial charge in [-0.25, -0.2) is 4.79 Å². The van der Waals surface area contributed by atoms with Gasteiger partial charge in [0.1, 0.15) is 11.5 Å². The summed E-state index contributed by atoms with van der Waals surface area (Å²) in [7, 11) is 3.34. The Morgan fingerprint density at radius 3 is 2.31 bits per heavy atom. The number of carbonyl (C=O) groups is 1. The average Bonchev–Trinajstić information content (AvgIpc) is 2.70. The maximum atomic E-state index is 12.2. The van der Waals surface area contributed by atoms with Gasteiger partial charge in [0.2, 0.25) is 0 Å². The lowest BCUT2D eigenvalue weighted by atomic mass is 10.0. The van der Waals surface area contributed by atoms with Crippen molar-refractivity contribution in [3.8, 4) is 11.5 Å². The van der Waals surface area contributed by atoms with Crippen LogP contribution in [0.4, 0.5) is 0 Å². The van der Waals surface area contributed by atoms with Gasteiger partial charge in [0.05, 0.1) is 20.8 Å². The normalized spacial score (nSPS) is 11.8. The minimum absolute atomic E-state index is 0.197. The topological polar surface area (TPSA) is 44.8 Å². The molecule has 0 fully saturated rings. The Kier molecular flexibility index (Phi) is 11.6. The Balaban J connectivity index is 2.72. The fourth-order valence-corrected chi connectivity index (χ4v) is 2.93. The fourth-order valence-electron chi connectivity index (χ4n) is 2.93. The number of esters is 1. The molecule has 0 aliphatic heterocycles. The molecule has 0 saturated heterocycles. The van der Waals surface area contributed by atoms with Gasteiger partial charge in [-0.1, -0.05) is 29.4 Å². The molecule has 1 aromatic carbocycles. The lowest BCUT2D eigenvalue weighted by Crippen LogP contribution is -2.07. The molecule has 0 spiro atoms. The summed E-state index contributed by atoms with van der Waals surface area (Å²) in [6, 6.07) is 5.83. The van der Waals surface area contributed by atoms with Crippen molar-refractivity contribution in [3.05, 3.63) is 58.7 Å². The second-order valence-electron chi connectivity index (χ2n) is 7.24. The summed E-state index contributed by atoms with van der Waals surface area (Å²) in [5, 5.41) is 0. The molecule has 0 aliphatic carbocycles. The van der Waals surface area contributed by atoms with Crippen LogP contribution >= 0.6 is 0 Å². The van der Waals surface area contributed by atoms with Crippen molar-refractivity contribution >= 4 is 5.97 Å². The Bertz CT molecular complexity index is 737. The molecule has 0 radical (unpaired) electrons. The first kappa shape index (κ1) is 24.5. The number of hydrogen-bond acceptors (Lipinski definition) is 4. The Morgan fingerprint density at radius 1 is 0.966 bits per heavy atom. The van der Waals surface area contributed by atoms with Crippen LogP contribution in [0.5, 0.6) is 11.5 Å². The second kappa shape index (κ2) is 13.6. The Hall–Kier alpha value is -2.49. The highest BCUT2D eigenvalue weighted by molar-refractivity contribution is 5.88. The van der Waals surface area contributed by atoms with Crippen molar-refractivity contribution in [1.29, 1.82) is 0 Å². The lowest BCUT2D eigenvalue weighted by molar-refractivity contribution is -0.138. The molecule has 4 nitrogen and oxygen atoms in total. The Morgan fingerprint density at radius 2 is 1.69 bits per heavy atom. The van der Waals surface area contributed by atoms with Gasteiger partial charge in [0.15, 0.2) is 0 Å². The summed E-state index contributed by atoms with van der Waals surface area (Å²) in [6.45, 7) is 8.50. The van der Waals surface area contributed by atoms with Gasteiger partial charge in [-0.05, 0) is 78.0 Å². The summed E-state index contributed by atoms with van der Waals surface area (Å²) in [6.07, 6.45) is 10.5. The van der Waals surface area contributed by atoms with Gasteiger partial charge in [0.25, 0.3) is 0 Å². The zero-order valence-corrected chi connectivity index (χ0v) is 18.8. The molecule has 0 N–H and O–H groups in total. The van der Waals surface area contributed by atoms with Crippen LogP contribution in [0.2, 0.25) is 0 Å². The van der Waals surface area contributed by atoms with E-state index in [9.17, 15) is 4.79 Å². The smallest absolute Gasteiger partial charge is 0.333 e. The molecule has 0 aliphatic rings. The van der Waals surface area contributed by atoms with E-state index in [4.69, 9.17) is 14.2 Å². The van der Waals surface area contributed by atoms with Crippen molar-refractivity contribution in [3.63, 3.8) is 0 Å². The Labute approximate surface area is 176 Å². The lowest BCUT2D eigenvalue weighted by Gasteiger charge is -2.09. The van der Waals surface area contributed by atoms with Crippen molar-refractivity contribution < 1.29 is 19.0 Å². The van der Waals surface area contributed by atoms with Crippen molar-refractivity contribution in [1.82, 2.24) is 0 Å². The molecule has 29 heavy (non-hydrogen) atoms. The number of benzene rings is 1. The SMILES string of the molecule is CCOC(=O)/C(=C\CC/C(C)=C/Cc1cc(OC)ccc1OC)CCC=C(C)C. The van der Waals surface area contributed by atoms with E-state index in [1.165, 1.54) is 11.1 Å². The van der Waals surface area contributed by atoms with Gasteiger partial charge < -0.3 is 14.2 Å². The highest BCUT2D eigenvalue weighted by Gasteiger charge is 2.09. The van der Waals surface area contributed by atoms with Gasteiger partial charge in [-0.3, -0.25) is 0 Å². The van der Waals surface area contributed by atoms with Crippen LogP contribution in [0.1, 0.15) is 58.9 Å². The zero-order chi connectivity index (χ0) is 21.6. The van der Waals surface area contributed by atoms with E-state index in [0.717, 1.165) is 48.3 Å². The predicted molar refractivity (Wildman–Crippen MR) is 120 cm³/mol. The van der Waals surface area contributed by atoms with Crippen molar-refractivity contribution in [2.24, 2.45) is 0 Å². The number of ether oxygens (including phenoxy) is 3. The van der Waals surface area contributed by atoms with Crippen LogP contribution in [0.3, 0.4) is 0 Å². The zero-order valence-electron chi connectivity index (χ0n) is 18.8. The molecule has 4 heteroatoms. The highest BCUT2D eigenvalue weighted by Crippen LogP contribution is 2.25. The third-order valence-corrected chi connectivity index (χ3v) is 4.59. The van der Waals surface area contributed by atoms with Crippen LogP contribution in [-0.2, 0) is 16.0 Å². The minimum atomic E-state index is -0.197. The largest absolute Gasteiger partial charge is 0.497 e. The van der Waals surface area contributed by atoms with E-state index in [0.29, 0.717) is 13.0 Å². The predicted octanol–water partition coefficient (Wildman–Crippen LogP) is 6.21. The molecule has 0 atom stereocenters. The standard InChI is InChI=1S/C25H36O4/c1-7-29-25(26)21(12-8-10-19(2)3)13-9-11-20(4)14-15-22-18-23(27-5)16-17-24(22)28-6/h10,13-14,16-18H,7-9,11-12,15H2,1-6H3/b20-14+,21-13-. The molecule has 0 unspecified atom stereocenters. The number of carbonyl (C=O) groups excluding carboxylic acids is 1. The van der Waals surface area contributed by atoms with Gasteiger partial charge in [-0.2, -0.15) is 0 Å². The first-order valence-corrected chi connectivity index (χ1v) is 10.3. The first-order valence-electron chi connectivity index (χ1n) is 10.3. The van der Waals surface area contributed by atoms with Crippen LogP contribution in [0, 0.1) is 0 Å². The van der Waals surface area contributed by atoms with Crippen LogP contribution < -0.4 is 9.47 Å². The molecule has 0 aromatic heterocycles. The van der Waals surface area contributed by atoms with E-state index in [1.54, 1.807) is 14.2 Å². The van der Waals surface area contributed by atoms with Gasteiger partial charge in [0, 0.05) is 11.1 Å². The molecule has 1 aromatic rings. The molecular weight excluding hydrogens is 364 g/mol. The summed E-state index contributed by atoms with van der Waals surface area (Å²) < 4.78 is 16.0. The maximum Gasteiger partial charge on any atom is 0.333 e.